The van der Waals surface area contributed by atoms with Crippen LogP contribution in [-0.2, 0) is 23.0 Å². The fourth-order valence-corrected chi connectivity index (χ4v) is 3.12. The van der Waals surface area contributed by atoms with Crippen molar-refractivity contribution >= 4 is 21.6 Å². The number of benzene rings is 1. The Morgan fingerprint density at radius 2 is 2.20 bits per heavy atom. The fourth-order valence-electron chi connectivity index (χ4n) is 1.61. The van der Waals surface area contributed by atoms with Crippen molar-refractivity contribution in [2.45, 2.75) is 24.8 Å². The minimum atomic E-state index is -3.88. The number of sulfonamides is 1. The number of hydrogen-bond donors (Lipinski definition) is 2. The number of rotatable bonds is 5. The molecule has 0 aliphatic heterocycles. The Balaban J connectivity index is 2.17. The monoisotopic (exact) mass is 317 g/mol. The molecule has 0 atom stereocenters. The minimum absolute atomic E-state index is 0.0299. The Morgan fingerprint density at radius 1 is 1.45 bits per heavy atom. The highest BCUT2D eigenvalue weighted by molar-refractivity contribution is 7.89. The van der Waals surface area contributed by atoms with Gasteiger partial charge in [0.2, 0.25) is 10.0 Å². The molecule has 1 aromatic heterocycles. The van der Waals surface area contributed by atoms with E-state index in [0.717, 1.165) is 24.4 Å². The van der Waals surface area contributed by atoms with E-state index in [-0.39, 0.29) is 16.5 Å². The average Bonchev–Trinajstić information content (AvgIpc) is 2.87. The van der Waals surface area contributed by atoms with Crippen LogP contribution in [0.15, 0.2) is 29.3 Å². The van der Waals surface area contributed by atoms with E-state index in [2.05, 4.69) is 14.7 Å². The van der Waals surface area contributed by atoms with Gasteiger partial charge in [-0.1, -0.05) is 18.5 Å². The van der Waals surface area contributed by atoms with E-state index >= 15 is 0 Å². The Kier molecular flexibility index (Phi) is 4.42. The molecule has 0 aliphatic rings. The summed E-state index contributed by atoms with van der Waals surface area (Å²) < 4.78 is 39.6. The second kappa shape index (κ2) is 5.90. The molecule has 8 heteroatoms. The zero-order valence-corrected chi connectivity index (χ0v) is 12.2. The molecule has 1 heterocycles. The maximum atomic E-state index is 13.1. The molecule has 0 spiro atoms. The van der Waals surface area contributed by atoms with Crippen LogP contribution in [0.3, 0.4) is 0 Å². The van der Waals surface area contributed by atoms with Crippen molar-refractivity contribution in [1.29, 1.82) is 0 Å². The highest BCUT2D eigenvalue weighted by Gasteiger charge is 2.18. The molecule has 0 amide bonds. The maximum absolute atomic E-state index is 13.1. The second-order valence-electron chi connectivity index (χ2n) is 4.11. The number of halogens is 2. The normalized spacial score (nSPS) is 11.8. The topological polar surface area (TPSA) is 74.8 Å². The van der Waals surface area contributed by atoms with Crippen LogP contribution < -0.4 is 4.72 Å². The molecule has 0 fully saturated rings. The van der Waals surface area contributed by atoms with Crippen molar-refractivity contribution in [2.24, 2.45) is 0 Å². The van der Waals surface area contributed by atoms with Gasteiger partial charge < -0.3 is 4.98 Å². The summed E-state index contributed by atoms with van der Waals surface area (Å²) in [7, 11) is -3.88. The molecule has 5 nitrogen and oxygen atoms in total. The molecule has 2 aromatic rings. The lowest BCUT2D eigenvalue weighted by Crippen LogP contribution is -2.23. The van der Waals surface area contributed by atoms with Crippen molar-refractivity contribution in [3.8, 4) is 0 Å². The highest BCUT2D eigenvalue weighted by atomic mass is 35.5. The zero-order chi connectivity index (χ0) is 14.8. The third-order valence-electron chi connectivity index (χ3n) is 2.65. The maximum Gasteiger partial charge on any atom is 0.242 e. The number of nitrogens with zero attached hydrogens (tertiary/aromatic N) is 1. The Morgan fingerprint density at radius 3 is 2.85 bits per heavy atom. The molecule has 0 saturated carbocycles. The molecule has 0 unspecified atom stereocenters. The van der Waals surface area contributed by atoms with Crippen LogP contribution in [0.4, 0.5) is 4.39 Å². The van der Waals surface area contributed by atoms with Crippen LogP contribution in [-0.4, -0.2) is 18.4 Å². The minimum Gasteiger partial charge on any atom is -0.345 e. The first-order valence-corrected chi connectivity index (χ1v) is 7.76. The molecule has 2 rings (SSSR count). The van der Waals surface area contributed by atoms with Gasteiger partial charge in [0.1, 0.15) is 16.5 Å². The number of H-pyrrole nitrogens is 1. The van der Waals surface area contributed by atoms with Gasteiger partial charge in [0, 0.05) is 18.3 Å². The molecule has 108 valence electrons. The number of aryl methyl sites for hydroxylation is 1. The first-order valence-electron chi connectivity index (χ1n) is 5.90. The Labute approximate surface area is 121 Å². The summed E-state index contributed by atoms with van der Waals surface area (Å²) in [5.41, 5.74) is 0.623. The summed E-state index contributed by atoms with van der Waals surface area (Å²) in [6.07, 6.45) is 2.27. The lowest BCUT2D eigenvalue weighted by molar-refractivity contribution is 0.576. The second-order valence-corrected chi connectivity index (χ2v) is 6.25. The summed E-state index contributed by atoms with van der Waals surface area (Å²) in [6, 6.07) is 3.19. The molecule has 0 radical (unpaired) electrons. The fraction of sp³-hybridized carbons (Fsp3) is 0.250. The van der Waals surface area contributed by atoms with Crippen LogP contribution in [0, 0.1) is 5.82 Å². The summed E-state index contributed by atoms with van der Waals surface area (Å²) >= 11 is 5.78. The van der Waals surface area contributed by atoms with Gasteiger partial charge >= 0.3 is 0 Å². The Hall–Kier alpha value is -1.44. The summed E-state index contributed by atoms with van der Waals surface area (Å²) in [4.78, 5) is 6.75. The third kappa shape index (κ3) is 3.36. The third-order valence-corrected chi connectivity index (χ3v) is 4.53. The van der Waals surface area contributed by atoms with E-state index < -0.39 is 15.8 Å². The van der Waals surface area contributed by atoms with Crippen LogP contribution in [0.5, 0.6) is 0 Å². The molecule has 0 bridgehead atoms. The lowest BCUT2D eigenvalue weighted by Gasteiger charge is -2.07. The zero-order valence-electron chi connectivity index (χ0n) is 10.7. The first kappa shape index (κ1) is 15.0. The number of nitrogens with one attached hydrogen (secondary N) is 2. The van der Waals surface area contributed by atoms with E-state index in [1.54, 1.807) is 6.20 Å². The number of aromatic nitrogens is 2. The SMILES string of the molecule is CCc1ncc(CNS(=O)(=O)c2cc(F)ccc2Cl)[nH]1. The van der Waals surface area contributed by atoms with Gasteiger partial charge in [-0.05, 0) is 18.2 Å². The summed E-state index contributed by atoms with van der Waals surface area (Å²) in [5.74, 6) is 0.104. The molecule has 2 N–H and O–H groups in total. The standard InChI is InChI=1S/C12H13ClFN3O2S/c1-2-12-15-6-9(17-12)7-16-20(18,19)11-5-8(14)3-4-10(11)13/h3-6,16H,2,7H2,1H3,(H,15,17). The molecule has 0 aliphatic carbocycles. The van der Waals surface area contributed by atoms with Crippen molar-refractivity contribution in [3.05, 3.63) is 46.8 Å². The van der Waals surface area contributed by atoms with Gasteiger partial charge in [-0.2, -0.15) is 0 Å². The van der Waals surface area contributed by atoms with E-state index in [0.29, 0.717) is 5.69 Å². The van der Waals surface area contributed by atoms with Gasteiger partial charge in [0.15, 0.2) is 0 Å². The average molecular weight is 318 g/mol. The van der Waals surface area contributed by atoms with E-state index in [4.69, 9.17) is 11.6 Å². The van der Waals surface area contributed by atoms with Crippen molar-refractivity contribution < 1.29 is 12.8 Å². The summed E-state index contributed by atoms with van der Waals surface area (Å²) in [6.45, 7) is 1.96. The van der Waals surface area contributed by atoms with Crippen LogP contribution >= 0.6 is 11.6 Å². The lowest BCUT2D eigenvalue weighted by atomic mass is 10.3. The number of imidazole rings is 1. The number of aromatic amines is 1. The van der Waals surface area contributed by atoms with Gasteiger partial charge in [-0.3, -0.25) is 0 Å². The van der Waals surface area contributed by atoms with E-state index in [1.165, 1.54) is 6.07 Å². The van der Waals surface area contributed by atoms with Crippen LogP contribution in [0.2, 0.25) is 5.02 Å². The summed E-state index contributed by atoms with van der Waals surface area (Å²) in [5, 5.41) is -0.0299. The smallest absolute Gasteiger partial charge is 0.242 e. The number of hydrogen-bond acceptors (Lipinski definition) is 3. The quantitative estimate of drug-likeness (QED) is 0.888. The van der Waals surface area contributed by atoms with E-state index in [1.807, 2.05) is 6.92 Å². The molecule has 0 saturated heterocycles. The van der Waals surface area contributed by atoms with E-state index in [9.17, 15) is 12.8 Å². The predicted molar refractivity (Wildman–Crippen MR) is 73.4 cm³/mol. The first-order chi connectivity index (χ1) is 9.42. The van der Waals surface area contributed by atoms with Crippen molar-refractivity contribution in [3.63, 3.8) is 0 Å². The predicted octanol–water partition coefficient (Wildman–Crippen LogP) is 2.24. The Bertz CT molecular complexity index is 715. The molecule has 20 heavy (non-hydrogen) atoms. The van der Waals surface area contributed by atoms with Crippen molar-refractivity contribution in [2.75, 3.05) is 0 Å². The van der Waals surface area contributed by atoms with Gasteiger partial charge in [-0.25, -0.2) is 22.5 Å². The molecule has 1 aromatic carbocycles. The molecular weight excluding hydrogens is 305 g/mol. The van der Waals surface area contributed by atoms with Gasteiger partial charge in [-0.15, -0.1) is 0 Å². The van der Waals surface area contributed by atoms with Crippen LogP contribution in [0.25, 0.3) is 0 Å². The van der Waals surface area contributed by atoms with Crippen molar-refractivity contribution in [1.82, 2.24) is 14.7 Å². The largest absolute Gasteiger partial charge is 0.345 e. The van der Waals surface area contributed by atoms with Gasteiger partial charge in [0.05, 0.1) is 11.6 Å². The molecular formula is C12H13ClFN3O2S. The highest BCUT2D eigenvalue weighted by Crippen LogP contribution is 2.22. The van der Waals surface area contributed by atoms with Crippen LogP contribution in [0.1, 0.15) is 18.4 Å². The van der Waals surface area contributed by atoms with Gasteiger partial charge in [0.25, 0.3) is 0 Å².